The SMILES string of the molecule is CCNC(=NCC1CC(=O)Nc2ccccc21)NCCC1CCN(CC)CC1. The minimum atomic E-state index is 0.0790. The molecule has 0 radical (unpaired) electrons. The van der Waals surface area contributed by atoms with Gasteiger partial charge in [0.2, 0.25) is 5.91 Å². The average molecular weight is 386 g/mol. The Balaban J connectivity index is 1.51. The second-order valence-corrected chi connectivity index (χ2v) is 7.85. The third-order valence-corrected chi connectivity index (χ3v) is 5.92. The minimum Gasteiger partial charge on any atom is -0.357 e. The maximum atomic E-state index is 12.0. The smallest absolute Gasteiger partial charge is 0.225 e. The molecule has 0 spiro atoms. The van der Waals surface area contributed by atoms with E-state index in [2.05, 4.69) is 40.8 Å². The summed E-state index contributed by atoms with van der Waals surface area (Å²) >= 11 is 0. The van der Waals surface area contributed by atoms with E-state index in [4.69, 9.17) is 4.99 Å². The fourth-order valence-corrected chi connectivity index (χ4v) is 4.19. The summed E-state index contributed by atoms with van der Waals surface area (Å²) in [5, 5.41) is 9.79. The molecule has 1 saturated heterocycles. The van der Waals surface area contributed by atoms with Gasteiger partial charge in [0.05, 0.1) is 6.54 Å². The van der Waals surface area contributed by atoms with Crippen molar-refractivity contribution in [2.24, 2.45) is 10.9 Å². The Morgan fingerprint density at radius 1 is 1.21 bits per heavy atom. The van der Waals surface area contributed by atoms with Gasteiger partial charge in [-0.15, -0.1) is 0 Å². The molecule has 2 heterocycles. The minimum absolute atomic E-state index is 0.0790. The van der Waals surface area contributed by atoms with E-state index in [-0.39, 0.29) is 11.8 Å². The van der Waals surface area contributed by atoms with Gasteiger partial charge in [0.1, 0.15) is 0 Å². The number of hydrogen-bond acceptors (Lipinski definition) is 3. The predicted molar refractivity (Wildman–Crippen MR) is 116 cm³/mol. The molecule has 2 aliphatic heterocycles. The molecule has 0 aromatic heterocycles. The van der Waals surface area contributed by atoms with E-state index in [0.717, 1.165) is 30.7 Å². The van der Waals surface area contributed by atoms with Crippen LogP contribution in [0.1, 0.15) is 51.0 Å². The van der Waals surface area contributed by atoms with Crippen molar-refractivity contribution >= 4 is 17.6 Å². The molecule has 154 valence electrons. The number of guanidine groups is 1. The number of nitrogens with one attached hydrogen (secondary N) is 3. The number of fused-ring (bicyclic) bond motifs is 1. The largest absolute Gasteiger partial charge is 0.357 e. The number of anilines is 1. The Morgan fingerprint density at radius 2 is 2.00 bits per heavy atom. The number of para-hydroxylation sites is 1. The van der Waals surface area contributed by atoms with Crippen LogP contribution in [0.5, 0.6) is 0 Å². The van der Waals surface area contributed by atoms with Crippen molar-refractivity contribution in [3.8, 4) is 0 Å². The molecule has 1 fully saturated rings. The molecule has 1 atom stereocenters. The predicted octanol–water partition coefficient (Wildman–Crippen LogP) is 2.79. The summed E-state index contributed by atoms with van der Waals surface area (Å²) in [5.74, 6) is 1.89. The molecule has 6 nitrogen and oxygen atoms in total. The van der Waals surface area contributed by atoms with Gasteiger partial charge < -0.3 is 20.9 Å². The topological polar surface area (TPSA) is 68.8 Å². The molecule has 6 heteroatoms. The van der Waals surface area contributed by atoms with Crippen LogP contribution >= 0.6 is 0 Å². The molecule has 0 bridgehead atoms. The van der Waals surface area contributed by atoms with Crippen molar-refractivity contribution in [1.29, 1.82) is 0 Å². The second kappa shape index (κ2) is 10.5. The van der Waals surface area contributed by atoms with E-state index in [1.807, 2.05) is 18.2 Å². The number of benzene rings is 1. The monoisotopic (exact) mass is 385 g/mol. The van der Waals surface area contributed by atoms with Crippen molar-refractivity contribution in [2.75, 3.05) is 44.6 Å². The summed E-state index contributed by atoms with van der Waals surface area (Å²) in [7, 11) is 0. The zero-order valence-electron chi connectivity index (χ0n) is 17.3. The van der Waals surface area contributed by atoms with E-state index in [0.29, 0.717) is 13.0 Å². The summed E-state index contributed by atoms with van der Waals surface area (Å²) in [6.45, 7) is 10.4. The maximum absolute atomic E-state index is 12.0. The molecule has 3 N–H and O–H groups in total. The average Bonchev–Trinajstić information content (AvgIpc) is 2.72. The molecule has 2 aliphatic rings. The number of aliphatic imine (C=N–C) groups is 1. The van der Waals surface area contributed by atoms with E-state index in [1.165, 1.54) is 44.5 Å². The number of carbonyl (C=O) groups is 1. The van der Waals surface area contributed by atoms with Gasteiger partial charge >= 0.3 is 0 Å². The van der Waals surface area contributed by atoms with E-state index >= 15 is 0 Å². The lowest BCUT2D eigenvalue weighted by molar-refractivity contribution is -0.116. The van der Waals surface area contributed by atoms with Gasteiger partial charge in [-0.3, -0.25) is 9.79 Å². The molecule has 1 aromatic carbocycles. The number of likely N-dealkylation sites (tertiary alicyclic amines) is 1. The molecule has 28 heavy (non-hydrogen) atoms. The molecule has 1 aromatic rings. The Labute approximate surface area is 169 Å². The zero-order chi connectivity index (χ0) is 19.8. The van der Waals surface area contributed by atoms with Crippen LogP contribution in [0.4, 0.5) is 5.69 Å². The first-order valence-electron chi connectivity index (χ1n) is 10.8. The molecule has 3 rings (SSSR count). The molecular formula is C22H35N5O. The van der Waals surface area contributed by atoms with Crippen molar-refractivity contribution in [3.63, 3.8) is 0 Å². The van der Waals surface area contributed by atoms with Crippen LogP contribution in [-0.4, -0.2) is 56.0 Å². The van der Waals surface area contributed by atoms with Crippen molar-refractivity contribution in [2.45, 2.75) is 45.4 Å². The van der Waals surface area contributed by atoms with Crippen LogP contribution in [0, 0.1) is 5.92 Å². The van der Waals surface area contributed by atoms with Crippen LogP contribution in [0.2, 0.25) is 0 Å². The summed E-state index contributed by atoms with van der Waals surface area (Å²) < 4.78 is 0. The third-order valence-electron chi connectivity index (χ3n) is 5.92. The van der Waals surface area contributed by atoms with Gasteiger partial charge in [0, 0.05) is 31.1 Å². The summed E-state index contributed by atoms with van der Waals surface area (Å²) in [4.78, 5) is 19.3. The van der Waals surface area contributed by atoms with Crippen LogP contribution < -0.4 is 16.0 Å². The molecule has 0 saturated carbocycles. The Morgan fingerprint density at radius 3 is 2.75 bits per heavy atom. The zero-order valence-corrected chi connectivity index (χ0v) is 17.3. The first-order valence-corrected chi connectivity index (χ1v) is 10.8. The van der Waals surface area contributed by atoms with Gasteiger partial charge in [0.15, 0.2) is 5.96 Å². The lowest BCUT2D eigenvalue weighted by Crippen LogP contribution is -2.40. The Hall–Kier alpha value is -2.08. The highest BCUT2D eigenvalue weighted by Crippen LogP contribution is 2.32. The number of nitrogens with zero attached hydrogens (tertiary/aromatic N) is 2. The van der Waals surface area contributed by atoms with Crippen LogP contribution in [0.25, 0.3) is 0 Å². The van der Waals surface area contributed by atoms with Gasteiger partial charge in [-0.25, -0.2) is 0 Å². The van der Waals surface area contributed by atoms with Gasteiger partial charge in [-0.1, -0.05) is 25.1 Å². The van der Waals surface area contributed by atoms with Crippen molar-refractivity contribution < 1.29 is 4.79 Å². The molecule has 0 aliphatic carbocycles. The highest BCUT2D eigenvalue weighted by atomic mass is 16.1. The first kappa shape index (κ1) is 20.6. The van der Waals surface area contributed by atoms with Crippen LogP contribution in [-0.2, 0) is 4.79 Å². The lowest BCUT2D eigenvalue weighted by Gasteiger charge is -2.31. The molecular weight excluding hydrogens is 350 g/mol. The standard InChI is InChI=1S/C22H35N5O/c1-3-23-22(24-12-9-17-10-13-27(4-2)14-11-17)25-16-18-15-21(28)26-20-8-6-5-7-19(18)20/h5-8,17-18H,3-4,9-16H2,1-2H3,(H,26,28)(H2,23,24,25). The summed E-state index contributed by atoms with van der Waals surface area (Å²) in [6, 6.07) is 8.05. The van der Waals surface area contributed by atoms with E-state index in [1.54, 1.807) is 0 Å². The van der Waals surface area contributed by atoms with Crippen molar-refractivity contribution in [1.82, 2.24) is 15.5 Å². The quantitative estimate of drug-likeness (QED) is 0.499. The highest BCUT2D eigenvalue weighted by Gasteiger charge is 2.24. The normalized spacial score (nSPS) is 21.1. The highest BCUT2D eigenvalue weighted by molar-refractivity contribution is 5.94. The van der Waals surface area contributed by atoms with Crippen LogP contribution in [0.15, 0.2) is 29.3 Å². The number of rotatable bonds is 7. The Bertz CT molecular complexity index is 667. The maximum Gasteiger partial charge on any atom is 0.225 e. The fraction of sp³-hybridized carbons (Fsp3) is 0.636. The third kappa shape index (κ3) is 5.71. The Kier molecular flexibility index (Phi) is 7.71. The number of piperidine rings is 1. The number of amides is 1. The van der Waals surface area contributed by atoms with E-state index < -0.39 is 0 Å². The fourth-order valence-electron chi connectivity index (χ4n) is 4.19. The van der Waals surface area contributed by atoms with Gasteiger partial charge in [-0.05, 0) is 63.4 Å². The van der Waals surface area contributed by atoms with Crippen LogP contribution in [0.3, 0.4) is 0 Å². The number of hydrogen-bond donors (Lipinski definition) is 3. The molecule has 1 unspecified atom stereocenters. The summed E-state index contributed by atoms with van der Waals surface area (Å²) in [5.41, 5.74) is 2.11. The van der Waals surface area contributed by atoms with Gasteiger partial charge in [-0.2, -0.15) is 0 Å². The molecule has 1 amide bonds. The van der Waals surface area contributed by atoms with E-state index in [9.17, 15) is 4.79 Å². The summed E-state index contributed by atoms with van der Waals surface area (Å²) in [6.07, 6.45) is 4.29. The lowest BCUT2D eigenvalue weighted by atomic mass is 9.91. The second-order valence-electron chi connectivity index (χ2n) is 7.85. The van der Waals surface area contributed by atoms with Crippen molar-refractivity contribution in [3.05, 3.63) is 29.8 Å². The first-order chi connectivity index (χ1) is 13.7. The number of carbonyl (C=O) groups excluding carboxylic acids is 1. The van der Waals surface area contributed by atoms with Gasteiger partial charge in [0.25, 0.3) is 0 Å².